The smallest absolute Gasteiger partial charge is 0.161 e. The first kappa shape index (κ1) is 10.1. The Balaban J connectivity index is 1.73. The minimum atomic E-state index is 0.239. The van der Waals surface area contributed by atoms with E-state index in [9.17, 15) is 0 Å². The Morgan fingerprint density at radius 3 is 2.69 bits per heavy atom. The van der Waals surface area contributed by atoms with Crippen molar-refractivity contribution < 1.29 is 0 Å². The van der Waals surface area contributed by atoms with Crippen molar-refractivity contribution >= 4 is 22.6 Å². The summed E-state index contributed by atoms with van der Waals surface area (Å²) < 4.78 is 0. The normalized spacial score (nSPS) is 22.4. The summed E-state index contributed by atoms with van der Waals surface area (Å²) in [4.78, 5) is 12.8. The molecule has 2 aliphatic rings. The molecule has 1 fully saturated rings. The van der Waals surface area contributed by atoms with Gasteiger partial charge in [-0.2, -0.15) is 0 Å². The van der Waals surface area contributed by atoms with Crippen LogP contribution in [0.25, 0.3) is 0 Å². The summed E-state index contributed by atoms with van der Waals surface area (Å²) in [5.41, 5.74) is 1.16. The minimum absolute atomic E-state index is 0.239. The second-order valence-corrected chi connectivity index (χ2v) is 5.35. The zero-order chi connectivity index (χ0) is 10.8. The molecule has 0 atom stereocenters. The number of anilines is 1. The summed E-state index contributed by atoms with van der Waals surface area (Å²) in [6.45, 7) is 0. The van der Waals surface area contributed by atoms with E-state index in [2.05, 4.69) is 15.3 Å². The van der Waals surface area contributed by atoms with Crippen molar-refractivity contribution in [1.29, 1.82) is 0 Å². The van der Waals surface area contributed by atoms with E-state index in [0.29, 0.717) is 0 Å². The second kappa shape index (κ2) is 4.05. The molecule has 1 aliphatic carbocycles. The number of aliphatic imine (C=N–C) groups is 1. The molecule has 2 heterocycles. The Morgan fingerprint density at radius 1 is 1.19 bits per heavy atom. The molecule has 1 aromatic rings. The molecule has 1 aromatic heterocycles. The maximum atomic E-state index is 4.83. The molecule has 84 valence electrons. The topological polar surface area (TPSA) is 50.2 Å². The maximum absolute atomic E-state index is 4.83. The van der Waals surface area contributed by atoms with Crippen molar-refractivity contribution in [3.8, 4) is 0 Å². The first-order chi connectivity index (χ1) is 7.86. The zero-order valence-corrected chi connectivity index (χ0v) is 9.83. The molecule has 0 amide bonds. The molecule has 1 saturated carbocycles. The van der Waals surface area contributed by atoms with Crippen LogP contribution in [0.2, 0.25) is 0 Å². The molecule has 5 heteroatoms. The van der Waals surface area contributed by atoms with Crippen LogP contribution in [0, 0.1) is 0 Å². The number of nitrogens with one attached hydrogen (secondary N) is 1. The van der Waals surface area contributed by atoms with Crippen molar-refractivity contribution in [3.05, 3.63) is 18.7 Å². The van der Waals surface area contributed by atoms with E-state index in [4.69, 9.17) is 4.99 Å². The van der Waals surface area contributed by atoms with Crippen molar-refractivity contribution in [1.82, 2.24) is 9.97 Å². The number of amidine groups is 1. The lowest BCUT2D eigenvalue weighted by Gasteiger charge is -2.16. The third-order valence-corrected chi connectivity index (χ3v) is 4.31. The van der Waals surface area contributed by atoms with E-state index >= 15 is 0 Å². The third kappa shape index (κ3) is 1.91. The van der Waals surface area contributed by atoms with Crippen molar-refractivity contribution in [3.63, 3.8) is 0 Å². The molecule has 1 spiro atoms. The van der Waals surface area contributed by atoms with Crippen molar-refractivity contribution in [2.75, 3.05) is 11.1 Å². The highest BCUT2D eigenvalue weighted by atomic mass is 32.2. The van der Waals surface area contributed by atoms with Crippen molar-refractivity contribution in [2.45, 2.75) is 31.2 Å². The zero-order valence-electron chi connectivity index (χ0n) is 9.02. The number of thioether (sulfide) groups is 1. The van der Waals surface area contributed by atoms with E-state index in [1.165, 1.54) is 32.0 Å². The highest BCUT2D eigenvalue weighted by Crippen LogP contribution is 2.41. The van der Waals surface area contributed by atoms with Gasteiger partial charge in [0.1, 0.15) is 6.33 Å². The highest BCUT2D eigenvalue weighted by Gasteiger charge is 2.38. The average molecular weight is 234 g/mol. The summed E-state index contributed by atoms with van der Waals surface area (Å²) in [7, 11) is 0. The number of hydrogen-bond donors (Lipinski definition) is 1. The molecule has 16 heavy (non-hydrogen) atoms. The lowest BCUT2D eigenvalue weighted by molar-refractivity contribution is 0.508. The number of nitrogens with zero attached hydrogens (tertiary/aromatic N) is 3. The molecule has 0 bridgehead atoms. The van der Waals surface area contributed by atoms with Gasteiger partial charge in [0.05, 0.1) is 23.6 Å². The third-order valence-electron chi connectivity index (χ3n) is 3.16. The number of aromatic nitrogens is 2. The van der Waals surface area contributed by atoms with Gasteiger partial charge in [-0.25, -0.2) is 9.97 Å². The maximum Gasteiger partial charge on any atom is 0.161 e. The average Bonchev–Trinajstić information content (AvgIpc) is 2.92. The quantitative estimate of drug-likeness (QED) is 0.810. The van der Waals surface area contributed by atoms with Gasteiger partial charge < -0.3 is 5.32 Å². The summed E-state index contributed by atoms with van der Waals surface area (Å²) >= 11 is 1.82. The van der Waals surface area contributed by atoms with Crippen LogP contribution in [-0.2, 0) is 0 Å². The summed E-state index contributed by atoms with van der Waals surface area (Å²) in [5.74, 6) is 1.13. The van der Waals surface area contributed by atoms with Crippen LogP contribution in [0.4, 0.5) is 5.69 Å². The Hall–Kier alpha value is -1.10. The standard InChI is InChI=1S/C11H14N4S/c1-2-4-11(3-1)7-16-10(15-11)14-9-5-12-8-13-6-9/h5-6,8H,1-4,7H2,(H,14,15). The minimum Gasteiger partial charge on any atom is -0.332 e. The van der Waals surface area contributed by atoms with Crippen LogP contribution < -0.4 is 5.32 Å². The van der Waals surface area contributed by atoms with Gasteiger partial charge in [-0.1, -0.05) is 24.6 Å². The largest absolute Gasteiger partial charge is 0.332 e. The molecule has 0 aromatic carbocycles. The van der Waals surface area contributed by atoms with Gasteiger partial charge >= 0.3 is 0 Å². The van der Waals surface area contributed by atoms with Crippen LogP contribution >= 0.6 is 11.8 Å². The van der Waals surface area contributed by atoms with Crippen LogP contribution in [0.5, 0.6) is 0 Å². The lowest BCUT2D eigenvalue weighted by Crippen LogP contribution is -2.21. The Morgan fingerprint density at radius 2 is 1.94 bits per heavy atom. The van der Waals surface area contributed by atoms with E-state index in [1.807, 2.05) is 11.8 Å². The Labute approximate surface area is 99.0 Å². The van der Waals surface area contributed by atoms with Gasteiger partial charge in [-0.15, -0.1) is 0 Å². The van der Waals surface area contributed by atoms with Crippen LogP contribution in [0.3, 0.4) is 0 Å². The molecule has 4 nitrogen and oxygen atoms in total. The summed E-state index contributed by atoms with van der Waals surface area (Å²) in [6.07, 6.45) is 10.2. The molecule has 0 radical (unpaired) electrons. The molecule has 1 N–H and O–H groups in total. The molecular weight excluding hydrogens is 220 g/mol. The van der Waals surface area contributed by atoms with E-state index < -0.39 is 0 Å². The fraction of sp³-hybridized carbons (Fsp3) is 0.545. The molecule has 0 unspecified atom stereocenters. The first-order valence-electron chi connectivity index (χ1n) is 5.61. The highest BCUT2D eigenvalue weighted by molar-refractivity contribution is 8.14. The lowest BCUT2D eigenvalue weighted by atomic mass is 10.0. The van der Waals surface area contributed by atoms with Gasteiger partial charge in [0.15, 0.2) is 5.17 Å². The number of hydrogen-bond acceptors (Lipinski definition) is 5. The summed E-state index contributed by atoms with van der Waals surface area (Å²) in [5, 5.41) is 4.30. The van der Waals surface area contributed by atoms with E-state index in [1.54, 1.807) is 12.4 Å². The SMILES string of the molecule is c1ncc(NC2=NC3(CCCC3)CS2)cn1. The fourth-order valence-corrected chi connectivity index (χ4v) is 3.53. The van der Waals surface area contributed by atoms with E-state index in [0.717, 1.165) is 16.6 Å². The van der Waals surface area contributed by atoms with Gasteiger partial charge in [0, 0.05) is 5.75 Å². The van der Waals surface area contributed by atoms with Gasteiger partial charge in [-0.3, -0.25) is 4.99 Å². The van der Waals surface area contributed by atoms with Gasteiger partial charge in [-0.05, 0) is 12.8 Å². The van der Waals surface area contributed by atoms with Gasteiger partial charge in [0.2, 0.25) is 0 Å². The van der Waals surface area contributed by atoms with Crippen molar-refractivity contribution in [2.24, 2.45) is 4.99 Å². The monoisotopic (exact) mass is 234 g/mol. The predicted octanol–water partition coefficient (Wildman–Crippen LogP) is 2.30. The van der Waals surface area contributed by atoms with Gasteiger partial charge in [0.25, 0.3) is 0 Å². The Kier molecular flexibility index (Phi) is 2.55. The predicted molar refractivity (Wildman–Crippen MR) is 66.7 cm³/mol. The van der Waals surface area contributed by atoms with Crippen LogP contribution in [0.1, 0.15) is 25.7 Å². The fourth-order valence-electron chi connectivity index (χ4n) is 2.32. The molecule has 1 aliphatic heterocycles. The number of rotatable bonds is 1. The van der Waals surface area contributed by atoms with E-state index in [-0.39, 0.29) is 5.54 Å². The first-order valence-corrected chi connectivity index (χ1v) is 6.60. The second-order valence-electron chi connectivity index (χ2n) is 4.39. The molecule has 3 rings (SSSR count). The molecular formula is C11H14N4S. The van der Waals surface area contributed by atoms with Crippen LogP contribution in [0.15, 0.2) is 23.7 Å². The molecule has 0 saturated heterocycles. The van der Waals surface area contributed by atoms with Crippen LogP contribution in [-0.4, -0.2) is 26.4 Å². The summed E-state index contributed by atoms with van der Waals surface area (Å²) in [6, 6.07) is 0. The Bertz CT molecular complexity index is 398.